The lowest BCUT2D eigenvalue weighted by atomic mass is 10.1. The molecule has 1 N–H and O–H groups in total. The molecule has 0 bridgehead atoms. The summed E-state index contributed by atoms with van der Waals surface area (Å²) in [6.45, 7) is 3.87. The number of aromatic nitrogens is 2. The Morgan fingerprint density at radius 1 is 1.42 bits per heavy atom. The summed E-state index contributed by atoms with van der Waals surface area (Å²) in [5.74, 6) is -0.127. The van der Waals surface area contributed by atoms with E-state index in [0.717, 1.165) is 28.6 Å². The van der Waals surface area contributed by atoms with Crippen molar-refractivity contribution in [2.45, 2.75) is 32.7 Å². The minimum atomic E-state index is -0.127. The fourth-order valence-electron chi connectivity index (χ4n) is 2.39. The van der Waals surface area contributed by atoms with Crippen molar-refractivity contribution in [2.75, 3.05) is 0 Å². The highest BCUT2D eigenvalue weighted by molar-refractivity contribution is 9.10. The molecule has 2 aromatic rings. The van der Waals surface area contributed by atoms with E-state index >= 15 is 0 Å². The Bertz CT molecular complexity index is 737. The molecule has 0 spiro atoms. The highest BCUT2D eigenvalue weighted by Crippen LogP contribution is 2.19. The molecule has 0 saturated carbocycles. The molecule has 1 heterocycles. The number of aryl methyl sites for hydroxylation is 3. The molecule has 6 heteroatoms. The SMILES string of the molecule is Cc1nn(C)c(Cl)c1C=CC(=O)NC(C)CCc1ccc(Br)cc1. The van der Waals surface area contributed by atoms with Crippen LogP contribution in [0.4, 0.5) is 0 Å². The van der Waals surface area contributed by atoms with Crippen LogP contribution in [0.1, 0.15) is 30.2 Å². The van der Waals surface area contributed by atoms with E-state index in [2.05, 4.69) is 38.5 Å². The molecular weight excluding hydrogens is 390 g/mol. The van der Waals surface area contributed by atoms with Crippen LogP contribution in [0, 0.1) is 6.92 Å². The van der Waals surface area contributed by atoms with E-state index in [1.54, 1.807) is 17.8 Å². The van der Waals surface area contributed by atoms with Crippen LogP contribution in [-0.4, -0.2) is 21.7 Å². The number of rotatable bonds is 6. The maximum Gasteiger partial charge on any atom is 0.244 e. The Hall–Kier alpha value is -1.59. The number of hydrogen-bond acceptors (Lipinski definition) is 2. The number of benzene rings is 1. The van der Waals surface area contributed by atoms with Gasteiger partial charge in [0, 0.05) is 29.2 Å². The van der Waals surface area contributed by atoms with Crippen molar-refractivity contribution < 1.29 is 4.79 Å². The van der Waals surface area contributed by atoms with Crippen LogP contribution >= 0.6 is 27.5 Å². The summed E-state index contributed by atoms with van der Waals surface area (Å²) in [4.78, 5) is 12.0. The highest BCUT2D eigenvalue weighted by atomic mass is 79.9. The van der Waals surface area contributed by atoms with Crippen LogP contribution in [0.5, 0.6) is 0 Å². The van der Waals surface area contributed by atoms with Crippen LogP contribution < -0.4 is 5.32 Å². The first-order valence-corrected chi connectivity index (χ1v) is 8.96. The molecule has 0 saturated heterocycles. The van der Waals surface area contributed by atoms with Gasteiger partial charge in [-0.1, -0.05) is 39.7 Å². The van der Waals surface area contributed by atoms with Crippen molar-refractivity contribution in [1.82, 2.24) is 15.1 Å². The summed E-state index contributed by atoms with van der Waals surface area (Å²) in [7, 11) is 1.77. The van der Waals surface area contributed by atoms with Crippen molar-refractivity contribution >= 4 is 39.5 Å². The summed E-state index contributed by atoms with van der Waals surface area (Å²) >= 11 is 9.57. The number of carbonyl (C=O) groups is 1. The fourth-order valence-corrected chi connectivity index (χ4v) is 2.89. The Kier molecular flexibility index (Phi) is 6.63. The normalized spacial score (nSPS) is 12.5. The van der Waals surface area contributed by atoms with Gasteiger partial charge in [0.2, 0.25) is 5.91 Å². The zero-order valence-corrected chi connectivity index (χ0v) is 16.4. The van der Waals surface area contributed by atoms with E-state index in [9.17, 15) is 4.79 Å². The fraction of sp³-hybridized carbons (Fsp3) is 0.333. The molecule has 128 valence electrons. The van der Waals surface area contributed by atoms with E-state index < -0.39 is 0 Å². The first-order chi connectivity index (χ1) is 11.4. The number of amides is 1. The number of nitrogens with one attached hydrogen (secondary N) is 1. The lowest BCUT2D eigenvalue weighted by Crippen LogP contribution is -2.31. The predicted octanol–water partition coefficient (Wildman–Crippen LogP) is 4.30. The molecule has 2 rings (SSSR count). The molecule has 0 fully saturated rings. The zero-order valence-electron chi connectivity index (χ0n) is 14.0. The third-order valence-electron chi connectivity index (χ3n) is 3.77. The van der Waals surface area contributed by atoms with Crippen LogP contribution in [0.3, 0.4) is 0 Å². The van der Waals surface area contributed by atoms with E-state index in [1.165, 1.54) is 11.6 Å². The van der Waals surface area contributed by atoms with Crippen molar-refractivity contribution in [3.63, 3.8) is 0 Å². The lowest BCUT2D eigenvalue weighted by Gasteiger charge is -2.12. The van der Waals surface area contributed by atoms with Crippen molar-refractivity contribution in [3.05, 3.63) is 56.8 Å². The molecule has 24 heavy (non-hydrogen) atoms. The van der Waals surface area contributed by atoms with Gasteiger partial charge in [-0.25, -0.2) is 0 Å². The molecule has 0 aliphatic carbocycles. The Morgan fingerprint density at radius 2 is 2.08 bits per heavy atom. The van der Waals surface area contributed by atoms with Gasteiger partial charge in [-0.15, -0.1) is 0 Å². The maximum atomic E-state index is 12.0. The average molecular weight is 411 g/mol. The second-order valence-electron chi connectivity index (χ2n) is 5.82. The van der Waals surface area contributed by atoms with Crippen molar-refractivity contribution in [3.8, 4) is 0 Å². The molecule has 4 nitrogen and oxygen atoms in total. The van der Waals surface area contributed by atoms with Gasteiger partial charge in [0.25, 0.3) is 0 Å². The van der Waals surface area contributed by atoms with Crippen molar-refractivity contribution in [1.29, 1.82) is 0 Å². The Balaban J connectivity index is 1.85. The van der Waals surface area contributed by atoms with Gasteiger partial charge in [-0.05, 0) is 50.5 Å². The molecule has 1 amide bonds. The summed E-state index contributed by atoms with van der Waals surface area (Å²) in [5, 5.41) is 7.72. The smallest absolute Gasteiger partial charge is 0.244 e. The van der Waals surface area contributed by atoms with Crippen LogP contribution in [0.25, 0.3) is 6.08 Å². The largest absolute Gasteiger partial charge is 0.350 e. The number of carbonyl (C=O) groups excluding carboxylic acids is 1. The van der Waals surface area contributed by atoms with Crippen LogP contribution in [0.2, 0.25) is 5.15 Å². The van der Waals surface area contributed by atoms with Gasteiger partial charge in [0.15, 0.2) is 0 Å². The number of nitrogens with zero attached hydrogens (tertiary/aromatic N) is 2. The molecule has 0 aliphatic rings. The summed E-state index contributed by atoms with van der Waals surface area (Å²) in [6, 6.07) is 8.33. The second-order valence-corrected chi connectivity index (χ2v) is 7.10. The third kappa shape index (κ3) is 5.21. The second kappa shape index (κ2) is 8.49. The van der Waals surface area contributed by atoms with Gasteiger partial charge >= 0.3 is 0 Å². The third-order valence-corrected chi connectivity index (χ3v) is 4.74. The summed E-state index contributed by atoms with van der Waals surface area (Å²) < 4.78 is 2.66. The molecule has 1 aromatic carbocycles. The van der Waals surface area contributed by atoms with E-state index in [-0.39, 0.29) is 11.9 Å². The molecule has 1 unspecified atom stereocenters. The monoisotopic (exact) mass is 409 g/mol. The standard InChI is InChI=1S/C18H21BrClN3O/c1-12(4-5-14-6-8-15(19)9-7-14)21-17(24)11-10-16-13(2)22-23(3)18(16)20/h6-12H,4-5H2,1-3H3,(H,21,24). The van der Waals surface area contributed by atoms with Gasteiger partial charge in [-0.2, -0.15) is 5.10 Å². The summed E-state index contributed by atoms with van der Waals surface area (Å²) in [6.07, 6.45) is 5.02. The topological polar surface area (TPSA) is 46.9 Å². The minimum absolute atomic E-state index is 0.0938. The van der Waals surface area contributed by atoms with E-state index in [4.69, 9.17) is 11.6 Å². The van der Waals surface area contributed by atoms with Crippen LogP contribution in [0.15, 0.2) is 34.8 Å². The van der Waals surface area contributed by atoms with Gasteiger partial charge in [0.1, 0.15) is 5.15 Å². The van der Waals surface area contributed by atoms with Gasteiger partial charge in [0.05, 0.1) is 5.69 Å². The number of halogens is 2. The molecule has 0 aliphatic heterocycles. The molecule has 0 radical (unpaired) electrons. The Labute approximate surface area is 156 Å². The van der Waals surface area contributed by atoms with Gasteiger partial charge in [-0.3, -0.25) is 9.48 Å². The quantitative estimate of drug-likeness (QED) is 0.722. The predicted molar refractivity (Wildman–Crippen MR) is 102 cm³/mol. The van der Waals surface area contributed by atoms with E-state index in [0.29, 0.717) is 5.15 Å². The first kappa shape index (κ1) is 18.7. The van der Waals surface area contributed by atoms with Crippen molar-refractivity contribution in [2.24, 2.45) is 7.05 Å². The molecule has 1 atom stereocenters. The molecule has 1 aromatic heterocycles. The average Bonchev–Trinajstić information content (AvgIpc) is 2.77. The first-order valence-electron chi connectivity index (χ1n) is 7.79. The number of hydrogen-bond donors (Lipinski definition) is 1. The van der Waals surface area contributed by atoms with Gasteiger partial charge < -0.3 is 5.32 Å². The Morgan fingerprint density at radius 3 is 2.67 bits per heavy atom. The zero-order chi connectivity index (χ0) is 17.7. The van der Waals surface area contributed by atoms with Crippen LogP contribution in [-0.2, 0) is 18.3 Å². The summed E-state index contributed by atoms with van der Waals surface area (Å²) in [5.41, 5.74) is 2.83. The lowest BCUT2D eigenvalue weighted by molar-refractivity contribution is -0.117. The maximum absolute atomic E-state index is 12.0. The molecular formula is C18H21BrClN3O. The minimum Gasteiger partial charge on any atom is -0.350 e. The van der Waals surface area contributed by atoms with E-state index in [1.807, 2.05) is 26.0 Å². The highest BCUT2D eigenvalue weighted by Gasteiger charge is 2.09.